The predicted octanol–water partition coefficient (Wildman–Crippen LogP) is 3.69. The molecule has 3 aromatic rings. The fraction of sp³-hybridized carbons (Fsp3) is 0.273. The summed E-state index contributed by atoms with van der Waals surface area (Å²) in [5.74, 6) is 1.15. The van der Waals surface area contributed by atoms with Gasteiger partial charge in [0.15, 0.2) is 5.76 Å². The SMILES string of the molecule is CN(Cc1cc(-c2ccccc2)no1)C(=O)c1cccc([C@H]2CCNC2)c1. The number of rotatable bonds is 5. The van der Waals surface area contributed by atoms with Gasteiger partial charge in [0.1, 0.15) is 5.69 Å². The summed E-state index contributed by atoms with van der Waals surface area (Å²) in [4.78, 5) is 14.5. The quantitative estimate of drug-likeness (QED) is 0.753. The number of aromatic nitrogens is 1. The third-order valence-corrected chi connectivity index (χ3v) is 5.03. The van der Waals surface area contributed by atoms with Crippen LogP contribution >= 0.6 is 0 Å². The van der Waals surface area contributed by atoms with Gasteiger partial charge < -0.3 is 14.7 Å². The standard InChI is InChI=1S/C22H23N3O2/c1-25(15-20-13-21(24-27-20)16-6-3-2-4-7-16)22(26)18-9-5-8-17(12-18)19-10-11-23-14-19/h2-9,12-13,19,23H,10-11,14-15H2,1H3/t19-/m0/s1. The van der Waals surface area contributed by atoms with Gasteiger partial charge >= 0.3 is 0 Å². The van der Waals surface area contributed by atoms with Crippen LogP contribution in [0.25, 0.3) is 11.3 Å². The summed E-state index contributed by atoms with van der Waals surface area (Å²) in [6.45, 7) is 2.40. The van der Waals surface area contributed by atoms with Crippen molar-refractivity contribution < 1.29 is 9.32 Å². The van der Waals surface area contributed by atoms with Gasteiger partial charge in [-0.1, -0.05) is 47.6 Å². The summed E-state index contributed by atoms with van der Waals surface area (Å²) in [6.07, 6.45) is 1.12. The van der Waals surface area contributed by atoms with E-state index in [1.165, 1.54) is 5.56 Å². The van der Waals surface area contributed by atoms with Crippen LogP contribution in [0.5, 0.6) is 0 Å². The Morgan fingerprint density at radius 3 is 2.81 bits per heavy atom. The molecule has 1 N–H and O–H groups in total. The fourth-order valence-electron chi connectivity index (χ4n) is 3.52. The first-order valence-corrected chi connectivity index (χ1v) is 9.28. The summed E-state index contributed by atoms with van der Waals surface area (Å²) in [7, 11) is 1.79. The summed E-state index contributed by atoms with van der Waals surface area (Å²) in [5, 5.41) is 7.49. The number of hydrogen-bond donors (Lipinski definition) is 1. The van der Waals surface area contributed by atoms with Crippen LogP contribution in [0.2, 0.25) is 0 Å². The van der Waals surface area contributed by atoms with E-state index >= 15 is 0 Å². The highest BCUT2D eigenvalue weighted by molar-refractivity contribution is 5.94. The van der Waals surface area contributed by atoms with Gasteiger partial charge in [-0.25, -0.2) is 0 Å². The minimum absolute atomic E-state index is 0.0135. The third kappa shape index (κ3) is 3.93. The maximum Gasteiger partial charge on any atom is 0.254 e. The van der Waals surface area contributed by atoms with Gasteiger partial charge in [-0.3, -0.25) is 4.79 Å². The lowest BCUT2D eigenvalue weighted by molar-refractivity contribution is 0.0772. The molecular formula is C22H23N3O2. The van der Waals surface area contributed by atoms with Crippen LogP contribution in [0, 0.1) is 0 Å². The van der Waals surface area contributed by atoms with Crippen LogP contribution in [0.1, 0.15) is 34.0 Å². The Bertz CT molecular complexity index is 914. The smallest absolute Gasteiger partial charge is 0.254 e. The van der Waals surface area contributed by atoms with Crippen LogP contribution in [0.4, 0.5) is 0 Å². The van der Waals surface area contributed by atoms with E-state index in [2.05, 4.69) is 16.5 Å². The van der Waals surface area contributed by atoms with Crippen molar-refractivity contribution >= 4 is 5.91 Å². The first kappa shape index (κ1) is 17.5. The Morgan fingerprint density at radius 2 is 2.04 bits per heavy atom. The van der Waals surface area contributed by atoms with E-state index < -0.39 is 0 Å². The van der Waals surface area contributed by atoms with E-state index in [0.29, 0.717) is 23.8 Å². The first-order chi connectivity index (χ1) is 13.2. The zero-order valence-electron chi connectivity index (χ0n) is 15.4. The summed E-state index contributed by atoms with van der Waals surface area (Å²) in [6, 6.07) is 19.7. The second-order valence-electron chi connectivity index (χ2n) is 7.02. The van der Waals surface area contributed by atoms with E-state index in [4.69, 9.17) is 4.52 Å². The van der Waals surface area contributed by atoms with Gasteiger partial charge in [-0.15, -0.1) is 0 Å². The Balaban J connectivity index is 1.45. The number of nitrogens with zero attached hydrogens (tertiary/aromatic N) is 2. The van der Waals surface area contributed by atoms with Crippen LogP contribution in [0.15, 0.2) is 65.2 Å². The molecule has 1 amide bonds. The zero-order chi connectivity index (χ0) is 18.6. The topological polar surface area (TPSA) is 58.4 Å². The number of benzene rings is 2. The molecule has 0 aliphatic carbocycles. The zero-order valence-corrected chi connectivity index (χ0v) is 15.4. The molecule has 2 heterocycles. The number of carbonyl (C=O) groups is 1. The van der Waals surface area contributed by atoms with Gasteiger partial charge in [-0.2, -0.15) is 0 Å². The average Bonchev–Trinajstić information content (AvgIpc) is 3.40. The van der Waals surface area contributed by atoms with Crippen molar-refractivity contribution in [2.24, 2.45) is 0 Å². The average molecular weight is 361 g/mol. The maximum atomic E-state index is 12.8. The van der Waals surface area contributed by atoms with Crippen molar-refractivity contribution in [3.8, 4) is 11.3 Å². The fourth-order valence-corrected chi connectivity index (χ4v) is 3.52. The molecule has 5 heteroatoms. The van der Waals surface area contributed by atoms with E-state index in [1.54, 1.807) is 11.9 Å². The molecule has 0 bridgehead atoms. The molecule has 1 saturated heterocycles. The van der Waals surface area contributed by atoms with Crippen molar-refractivity contribution in [3.05, 3.63) is 77.6 Å². The molecule has 0 spiro atoms. The monoisotopic (exact) mass is 361 g/mol. The van der Waals surface area contributed by atoms with Crippen molar-refractivity contribution in [1.82, 2.24) is 15.4 Å². The molecule has 1 fully saturated rings. The molecule has 1 aromatic heterocycles. The lowest BCUT2D eigenvalue weighted by Crippen LogP contribution is -2.26. The summed E-state index contributed by atoms with van der Waals surface area (Å²) >= 11 is 0. The van der Waals surface area contributed by atoms with E-state index in [1.807, 2.05) is 54.6 Å². The van der Waals surface area contributed by atoms with Gasteiger partial charge in [0.2, 0.25) is 0 Å². The lowest BCUT2D eigenvalue weighted by atomic mass is 9.96. The summed E-state index contributed by atoms with van der Waals surface area (Å²) < 4.78 is 5.43. The number of carbonyl (C=O) groups excluding carboxylic acids is 1. The molecule has 0 saturated carbocycles. The second-order valence-corrected chi connectivity index (χ2v) is 7.02. The normalized spacial score (nSPS) is 16.4. The minimum atomic E-state index is -0.0135. The molecule has 0 radical (unpaired) electrons. The van der Waals surface area contributed by atoms with Crippen LogP contribution < -0.4 is 5.32 Å². The summed E-state index contributed by atoms with van der Waals surface area (Å²) in [5.41, 5.74) is 3.72. The highest BCUT2D eigenvalue weighted by atomic mass is 16.5. The van der Waals surface area contributed by atoms with Crippen molar-refractivity contribution in [2.75, 3.05) is 20.1 Å². The molecule has 138 valence electrons. The van der Waals surface area contributed by atoms with Crippen LogP contribution in [0.3, 0.4) is 0 Å². The molecule has 2 aromatic carbocycles. The lowest BCUT2D eigenvalue weighted by Gasteiger charge is -2.17. The molecule has 4 rings (SSSR count). The highest BCUT2D eigenvalue weighted by Gasteiger charge is 2.19. The molecule has 1 aliphatic rings. The number of nitrogens with one attached hydrogen (secondary N) is 1. The van der Waals surface area contributed by atoms with Crippen LogP contribution in [-0.2, 0) is 6.54 Å². The second kappa shape index (κ2) is 7.76. The minimum Gasteiger partial charge on any atom is -0.359 e. The highest BCUT2D eigenvalue weighted by Crippen LogP contribution is 2.24. The largest absolute Gasteiger partial charge is 0.359 e. The van der Waals surface area contributed by atoms with E-state index in [-0.39, 0.29) is 5.91 Å². The molecule has 5 nitrogen and oxygen atoms in total. The van der Waals surface area contributed by atoms with Gasteiger partial charge in [0.25, 0.3) is 5.91 Å². The van der Waals surface area contributed by atoms with Gasteiger partial charge in [-0.05, 0) is 36.6 Å². The van der Waals surface area contributed by atoms with Crippen molar-refractivity contribution in [1.29, 1.82) is 0 Å². The van der Waals surface area contributed by atoms with Gasteiger partial charge in [0.05, 0.1) is 6.54 Å². The maximum absolute atomic E-state index is 12.8. The predicted molar refractivity (Wildman–Crippen MR) is 104 cm³/mol. The Kier molecular flexibility index (Phi) is 5.03. The Morgan fingerprint density at radius 1 is 1.19 bits per heavy atom. The molecule has 1 aliphatic heterocycles. The molecule has 27 heavy (non-hydrogen) atoms. The van der Waals surface area contributed by atoms with E-state index in [0.717, 1.165) is 30.8 Å². The van der Waals surface area contributed by atoms with Crippen LogP contribution in [-0.4, -0.2) is 36.1 Å². The number of hydrogen-bond acceptors (Lipinski definition) is 4. The molecule has 1 atom stereocenters. The molecular weight excluding hydrogens is 338 g/mol. The Hall–Kier alpha value is -2.92. The van der Waals surface area contributed by atoms with Gasteiger partial charge in [0, 0.05) is 30.8 Å². The molecule has 0 unspecified atom stereocenters. The Labute approximate surface area is 159 Å². The van der Waals surface area contributed by atoms with Crippen molar-refractivity contribution in [3.63, 3.8) is 0 Å². The van der Waals surface area contributed by atoms with E-state index in [9.17, 15) is 4.79 Å². The first-order valence-electron chi connectivity index (χ1n) is 9.28. The number of amides is 1. The van der Waals surface area contributed by atoms with Crippen molar-refractivity contribution in [2.45, 2.75) is 18.9 Å². The third-order valence-electron chi connectivity index (χ3n) is 5.03.